The van der Waals surface area contributed by atoms with Crippen LogP contribution in [0.3, 0.4) is 0 Å². The van der Waals surface area contributed by atoms with Crippen molar-refractivity contribution in [3.05, 3.63) is 17.5 Å². The maximum Gasteiger partial charge on any atom is 0.226 e. The lowest BCUT2D eigenvalue weighted by atomic mass is 10.3. The van der Waals surface area contributed by atoms with E-state index in [0.717, 1.165) is 30.2 Å². The standard InChI is InChI=1S/C12H19N5O/c1-8-7-9(2)15-12(14-8)17(10-3-4-10)6-5-11(13)16-18/h7,10,18H,3-6H2,1-2H3,(H2,13,16). The number of rotatable bonds is 5. The van der Waals surface area contributed by atoms with Gasteiger partial charge in [-0.05, 0) is 32.8 Å². The Morgan fingerprint density at radius 2 is 2.06 bits per heavy atom. The lowest BCUT2D eigenvalue weighted by molar-refractivity contribution is 0.317. The monoisotopic (exact) mass is 249 g/mol. The number of amidine groups is 1. The molecule has 1 aromatic heterocycles. The fourth-order valence-corrected chi connectivity index (χ4v) is 1.95. The second-order valence-electron chi connectivity index (χ2n) is 4.72. The summed E-state index contributed by atoms with van der Waals surface area (Å²) in [5, 5.41) is 11.6. The summed E-state index contributed by atoms with van der Waals surface area (Å²) in [6, 6.07) is 2.45. The molecule has 1 aromatic rings. The smallest absolute Gasteiger partial charge is 0.226 e. The van der Waals surface area contributed by atoms with Crippen molar-refractivity contribution in [3.63, 3.8) is 0 Å². The first kappa shape index (κ1) is 12.6. The van der Waals surface area contributed by atoms with Crippen molar-refractivity contribution < 1.29 is 5.21 Å². The third-order valence-electron chi connectivity index (χ3n) is 2.95. The predicted octanol–water partition coefficient (Wildman–Crippen LogP) is 1.20. The number of nitrogens with zero attached hydrogens (tertiary/aromatic N) is 4. The highest BCUT2D eigenvalue weighted by atomic mass is 16.4. The first-order valence-electron chi connectivity index (χ1n) is 6.15. The van der Waals surface area contributed by atoms with Gasteiger partial charge < -0.3 is 15.8 Å². The highest BCUT2D eigenvalue weighted by Gasteiger charge is 2.30. The van der Waals surface area contributed by atoms with Crippen molar-refractivity contribution in [2.75, 3.05) is 11.4 Å². The van der Waals surface area contributed by atoms with Gasteiger partial charge in [0, 0.05) is 30.4 Å². The average molecular weight is 249 g/mol. The molecule has 0 spiro atoms. The van der Waals surface area contributed by atoms with Crippen molar-refractivity contribution in [3.8, 4) is 0 Å². The van der Waals surface area contributed by atoms with Gasteiger partial charge in [0.15, 0.2) is 0 Å². The van der Waals surface area contributed by atoms with Crippen LogP contribution in [0.2, 0.25) is 0 Å². The molecule has 98 valence electrons. The summed E-state index contributed by atoms with van der Waals surface area (Å²) in [4.78, 5) is 11.1. The summed E-state index contributed by atoms with van der Waals surface area (Å²) in [5.41, 5.74) is 7.44. The minimum atomic E-state index is 0.241. The van der Waals surface area contributed by atoms with Crippen LogP contribution in [0, 0.1) is 13.8 Å². The van der Waals surface area contributed by atoms with E-state index in [1.54, 1.807) is 0 Å². The molecule has 1 aliphatic carbocycles. The van der Waals surface area contributed by atoms with Gasteiger partial charge >= 0.3 is 0 Å². The minimum Gasteiger partial charge on any atom is -0.409 e. The van der Waals surface area contributed by atoms with E-state index in [0.29, 0.717) is 19.0 Å². The van der Waals surface area contributed by atoms with Gasteiger partial charge in [-0.25, -0.2) is 9.97 Å². The summed E-state index contributed by atoms with van der Waals surface area (Å²) in [5.74, 6) is 0.991. The van der Waals surface area contributed by atoms with Crippen LogP contribution in [0.15, 0.2) is 11.2 Å². The zero-order valence-electron chi connectivity index (χ0n) is 10.8. The van der Waals surface area contributed by atoms with Crippen molar-refractivity contribution in [2.24, 2.45) is 10.9 Å². The molecule has 1 saturated carbocycles. The molecule has 1 fully saturated rings. The third-order valence-corrected chi connectivity index (χ3v) is 2.95. The molecular weight excluding hydrogens is 230 g/mol. The molecule has 1 aliphatic rings. The van der Waals surface area contributed by atoms with E-state index in [9.17, 15) is 0 Å². The molecule has 0 atom stereocenters. The van der Waals surface area contributed by atoms with Crippen molar-refractivity contribution in [1.29, 1.82) is 0 Å². The quantitative estimate of drug-likeness (QED) is 0.354. The second kappa shape index (κ2) is 5.20. The van der Waals surface area contributed by atoms with Gasteiger partial charge in [0.25, 0.3) is 0 Å². The molecule has 0 saturated heterocycles. The molecule has 3 N–H and O–H groups in total. The Balaban J connectivity index is 2.14. The van der Waals surface area contributed by atoms with E-state index < -0.39 is 0 Å². The fourth-order valence-electron chi connectivity index (χ4n) is 1.95. The van der Waals surface area contributed by atoms with E-state index in [1.807, 2.05) is 19.9 Å². The van der Waals surface area contributed by atoms with E-state index in [2.05, 4.69) is 20.0 Å². The number of nitrogens with two attached hydrogens (primary N) is 1. The molecule has 0 amide bonds. The van der Waals surface area contributed by atoms with Crippen LogP contribution in [-0.4, -0.2) is 33.6 Å². The molecule has 0 unspecified atom stereocenters. The number of anilines is 1. The van der Waals surface area contributed by atoms with Crippen LogP contribution in [0.1, 0.15) is 30.7 Å². The Bertz CT molecular complexity index is 436. The summed E-state index contributed by atoms with van der Waals surface area (Å²) >= 11 is 0. The SMILES string of the molecule is Cc1cc(C)nc(N(CC/C(N)=N/O)C2CC2)n1. The van der Waals surface area contributed by atoms with Crippen LogP contribution in [0.25, 0.3) is 0 Å². The van der Waals surface area contributed by atoms with Gasteiger partial charge in [0.1, 0.15) is 5.84 Å². The van der Waals surface area contributed by atoms with Crippen molar-refractivity contribution in [2.45, 2.75) is 39.2 Å². The number of hydrogen-bond donors (Lipinski definition) is 2. The molecule has 0 aromatic carbocycles. The van der Waals surface area contributed by atoms with Crippen LogP contribution in [0.5, 0.6) is 0 Å². The van der Waals surface area contributed by atoms with Crippen LogP contribution in [0.4, 0.5) is 5.95 Å². The fraction of sp³-hybridized carbons (Fsp3) is 0.583. The highest BCUT2D eigenvalue weighted by Crippen LogP contribution is 2.30. The van der Waals surface area contributed by atoms with E-state index in [1.165, 1.54) is 0 Å². The average Bonchev–Trinajstić information content (AvgIpc) is 3.12. The Hall–Kier alpha value is -1.85. The molecule has 6 nitrogen and oxygen atoms in total. The summed E-state index contributed by atoms with van der Waals surface area (Å²) in [6.45, 7) is 4.61. The molecule has 18 heavy (non-hydrogen) atoms. The number of aryl methyl sites for hydroxylation is 2. The molecule has 1 heterocycles. The van der Waals surface area contributed by atoms with Gasteiger partial charge in [-0.3, -0.25) is 0 Å². The topological polar surface area (TPSA) is 87.6 Å². The molecular formula is C12H19N5O. The van der Waals surface area contributed by atoms with Gasteiger partial charge in [-0.15, -0.1) is 0 Å². The normalized spacial score (nSPS) is 15.8. The maximum atomic E-state index is 8.57. The number of oxime groups is 1. The Morgan fingerprint density at radius 1 is 1.44 bits per heavy atom. The van der Waals surface area contributed by atoms with E-state index >= 15 is 0 Å². The van der Waals surface area contributed by atoms with E-state index in [4.69, 9.17) is 10.9 Å². The number of hydrogen-bond acceptors (Lipinski definition) is 5. The van der Waals surface area contributed by atoms with Gasteiger partial charge in [0.2, 0.25) is 5.95 Å². The Labute approximate surface area is 107 Å². The molecule has 0 radical (unpaired) electrons. The third kappa shape index (κ3) is 3.09. The van der Waals surface area contributed by atoms with Gasteiger partial charge in [-0.1, -0.05) is 5.16 Å². The van der Waals surface area contributed by atoms with E-state index in [-0.39, 0.29) is 5.84 Å². The minimum absolute atomic E-state index is 0.241. The predicted molar refractivity (Wildman–Crippen MR) is 69.9 cm³/mol. The highest BCUT2D eigenvalue weighted by molar-refractivity contribution is 5.80. The molecule has 0 bridgehead atoms. The Morgan fingerprint density at radius 3 is 2.56 bits per heavy atom. The lowest BCUT2D eigenvalue weighted by Gasteiger charge is -2.22. The summed E-state index contributed by atoms with van der Waals surface area (Å²) in [6.07, 6.45) is 2.84. The lowest BCUT2D eigenvalue weighted by Crippen LogP contribution is -2.32. The molecule has 6 heteroatoms. The first-order chi connectivity index (χ1) is 8.60. The van der Waals surface area contributed by atoms with Gasteiger partial charge in [-0.2, -0.15) is 0 Å². The maximum absolute atomic E-state index is 8.57. The largest absolute Gasteiger partial charge is 0.409 e. The number of aromatic nitrogens is 2. The van der Waals surface area contributed by atoms with Crippen molar-refractivity contribution in [1.82, 2.24) is 9.97 Å². The molecule has 0 aliphatic heterocycles. The first-order valence-corrected chi connectivity index (χ1v) is 6.15. The Kier molecular flexibility index (Phi) is 3.64. The second-order valence-corrected chi connectivity index (χ2v) is 4.72. The summed E-state index contributed by atoms with van der Waals surface area (Å²) < 4.78 is 0. The zero-order chi connectivity index (χ0) is 13.1. The van der Waals surface area contributed by atoms with Gasteiger partial charge in [0.05, 0.1) is 0 Å². The van der Waals surface area contributed by atoms with Crippen LogP contribution in [-0.2, 0) is 0 Å². The zero-order valence-corrected chi connectivity index (χ0v) is 10.8. The summed E-state index contributed by atoms with van der Waals surface area (Å²) in [7, 11) is 0. The van der Waals surface area contributed by atoms with Crippen LogP contribution < -0.4 is 10.6 Å². The molecule has 2 rings (SSSR count). The van der Waals surface area contributed by atoms with Crippen molar-refractivity contribution >= 4 is 11.8 Å². The van der Waals surface area contributed by atoms with Crippen LogP contribution >= 0.6 is 0 Å².